The zero-order valence-corrected chi connectivity index (χ0v) is 12.9. The van der Waals surface area contributed by atoms with E-state index in [-0.39, 0.29) is 12.0 Å². The minimum Gasteiger partial charge on any atom is -0.494 e. The first-order chi connectivity index (χ1) is 10.3. The van der Waals surface area contributed by atoms with Crippen molar-refractivity contribution in [3.63, 3.8) is 0 Å². The molecule has 0 aromatic heterocycles. The van der Waals surface area contributed by atoms with Gasteiger partial charge in [-0.25, -0.2) is 0 Å². The number of hydrogen-bond acceptors (Lipinski definition) is 4. The Morgan fingerprint density at radius 1 is 1.19 bits per heavy atom. The van der Waals surface area contributed by atoms with Crippen LogP contribution < -0.4 is 14.8 Å². The zero-order chi connectivity index (χ0) is 15.1. The highest BCUT2D eigenvalue weighted by Crippen LogP contribution is 2.33. The Morgan fingerprint density at radius 3 is 2.67 bits per heavy atom. The Kier molecular flexibility index (Phi) is 5.74. The molecule has 0 amide bonds. The second kappa shape index (κ2) is 7.78. The highest BCUT2D eigenvalue weighted by Gasteiger charge is 2.25. The summed E-state index contributed by atoms with van der Waals surface area (Å²) in [6.07, 6.45) is 4.32. The molecule has 1 fully saturated rings. The van der Waals surface area contributed by atoms with Gasteiger partial charge in [0.25, 0.3) is 0 Å². The molecule has 2 atom stereocenters. The van der Waals surface area contributed by atoms with Crippen molar-refractivity contribution in [3.8, 4) is 17.6 Å². The molecule has 1 aliphatic rings. The largest absolute Gasteiger partial charge is 0.494 e. The van der Waals surface area contributed by atoms with Gasteiger partial charge in [0.1, 0.15) is 11.5 Å². The van der Waals surface area contributed by atoms with E-state index in [9.17, 15) is 5.26 Å². The minimum absolute atomic E-state index is 0.0731. The van der Waals surface area contributed by atoms with Crippen LogP contribution in [0.25, 0.3) is 0 Å². The van der Waals surface area contributed by atoms with Crippen LogP contribution in [0, 0.1) is 17.2 Å². The van der Waals surface area contributed by atoms with Crippen molar-refractivity contribution in [2.45, 2.75) is 45.6 Å². The molecule has 2 unspecified atom stereocenters. The lowest BCUT2D eigenvalue weighted by Gasteiger charge is -2.29. The maximum atomic E-state index is 9.31. The number of nitriles is 1. The first kappa shape index (κ1) is 15.5. The van der Waals surface area contributed by atoms with Crippen LogP contribution in [0.2, 0.25) is 0 Å². The van der Waals surface area contributed by atoms with Gasteiger partial charge in [0, 0.05) is 12.1 Å². The Labute approximate surface area is 127 Å². The van der Waals surface area contributed by atoms with Gasteiger partial charge in [-0.2, -0.15) is 5.26 Å². The van der Waals surface area contributed by atoms with E-state index in [2.05, 4.69) is 11.4 Å². The number of benzene rings is 1. The summed E-state index contributed by atoms with van der Waals surface area (Å²) in [5, 5.41) is 12.8. The molecular weight excluding hydrogens is 264 g/mol. The number of anilines is 1. The highest BCUT2D eigenvalue weighted by atomic mass is 16.5. The minimum atomic E-state index is 0.0731. The van der Waals surface area contributed by atoms with E-state index in [1.165, 1.54) is 6.42 Å². The lowest BCUT2D eigenvalue weighted by molar-refractivity contribution is 0.330. The van der Waals surface area contributed by atoms with Crippen molar-refractivity contribution < 1.29 is 9.47 Å². The van der Waals surface area contributed by atoms with Gasteiger partial charge >= 0.3 is 0 Å². The topological polar surface area (TPSA) is 54.3 Å². The highest BCUT2D eigenvalue weighted by molar-refractivity contribution is 5.60. The summed E-state index contributed by atoms with van der Waals surface area (Å²) in [6.45, 7) is 5.20. The van der Waals surface area contributed by atoms with Crippen LogP contribution in [0.5, 0.6) is 11.5 Å². The predicted molar refractivity (Wildman–Crippen MR) is 83.8 cm³/mol. The van der Waals surface area contributed by atoms with Gasteiger partial charge in [-0.15, -0.1) is 0 Å². The lowest BCUT2D eigenvalue weighted by atomic mass is 9.85. The first-order valence-corrected chi connectivity index (χ1v) is 7.84. The van der Waals surface area contributed by atoms with Crippen LogP contribution in [0.3, 0.4) is 0 Å². The fourth-order valence-corrected chi connectivity index (χ4v) is 2.82. The van der Waals surface area contributed by atoms with Crippen LogP contribution in [0.15, 0.2) is 18.2 Å². The Morgan fingerprint density at radius 2 is 1.95 bits per heavy atom. The molecular formula is C17H24N2O2. The fourth-order valence-electron chi connectivity index (χ4n) is 2.82. The van der Waals surface area contributed by atoms with Gasteiger partial charge in [-0.05, 0) is 38.8 Å². The predicted octanol–water partition coefficient (Wildman–Crippen LogP) is 3.98. The molecule has 0 radical (unpaired) electrons. The quantitative estimate of drug-likeness (QED) is 0.860. The molecule has 1 aromatic carbocycles. The smallest absolute Gasteiger partial charge is 0.142 e. The lowest BCUT2D eigenvalue weighted by Crippen LogP contribution is -2.31. The molecule has 1 aliphatic carbocycles. The van der Waals surface area contributed by atoms with E-state index >= 15 is 0 Å². The van der Waals surface area contributed by atoms with Crippen molar-refractivity contribution in [3.05, 3.63) is 18.2 Å². The third-order valence-electron chi connectivity index (χ3n) is 3.83. The third-order valence-corrected chi connectivity index (χ3v) is 3.83. The normalized spacial score (nSPS) is 21.4. The molecule has 21 heavy (non-hydrogen) atoms. The summed E-state index contributed by atoms with van der Waals surface area (Å²) in [7, 11) is 0. The number of nitrogens with one attached hydrogen (secondary N) is 1. The summed E-state index contributed by atoms with van der Waals surface area (Å²) in [4.78, 5) is 0. The van der Waals surface area contributed by atoms with Gasteiger partial charge in [0.2, 0.25) is 0 Å². The van der Waals surface area contributed by atoms with Crippen LogP contribution >= 0.6 is 0 Å². The Hall–Kier alpha value is -1.89. The second-order valence-electron chi connectivity index (χ2n) is 5.29. The van der Waals surface area contributed by atoms with Gasteiger partial charge in [-0.1, -0.05) is 12.8 Å². The van der Waals surface area contributed by atoms with E-state index in [4.69, 9.17) is 9.47 Å². The molecule has 2 rings (SSSR count). The van der Waals surface area contributed by atoms with Gasteiger partial charge < -0.3 is 14.8 Å². The van der Waals surface area contributed by atoms with Crippen LogP contribution in [0.1, 0.15) is 39.5 Å². The molecule has 0 heterocycles. The summed E-state index contributed by atoms with van der Waals surface area (Å²) >= 11 is 0. The number of ether oxygens (including phenoxy) is 2. The van der Waals surface area contributed by atoms with E-state index in [0.717, 1.165) is 36.4 Å². The SMILES string of the molecule is CCOc1ccc(OCC)c(NC2CCCCC2C#N)c1. The molecule has 1 aromatic rings. The van der Waals surface area contributed by atoms with Crippen molar-refractivity contribution >= 4 is 5.69 Å². The van der Waals surface area contributed by atoms with E-state index in [0.29, 0.717) is 13.2 Å². The molecule has 1 saturated carbocycles. The average molecular weight is 288 g/mol. The summed E-state index contributed by atoms with van der Waals surface area (Å²) in [5.41, 5.74) is 0.926. The van der Waals surface area contributed by atoms with Crippen molar-refractivity contribution in [1.29, 1.82) is 5.26 Å². The van der Waals surface area contributed by atoms with Gasteiger partial charge in [0.15, 0.2) is 0 Å². The molecule has 0 bridgehead atoms. The molecule has 4 nitrogen and oxygen atoms in total. The number of rotatable bonds is 6. The molecule has 0 spiro atoms. The average Bonchev–Trinajstić information content (AvgIpc) is 2.51. The Bertz CT molecular complexity index is 496. The summed E-state index contributed by atoms with van der Waals surface area (Å²) < 4.78 is 11.2. The van der Waals surface area contributed by atoms with Crippen LogP contribution in [-0.2, 0) is 0 Å². The monoisotopic (exact) mass is 288 g/mol. The molecule has 4 heteroatoms. The third kappa shape index (κ3) is 4.04. The fraction of sp³-hybridized carbons (Fsp3) is 0.588. The number of nitrogens with zero attached hydrogens (tertiary/aromatic N) is 1. The van der Waals surface area contributed by atoms with Crippen LogP contribution in [-0.4, -0.2) is 19.3 Å². The summed E-state index contributed by atoms with van der Waals surface area (Å²) in [5.74, 6) is 1.72. The molecule has 114 valence electrons. The van der Waals surface area contributed by atoms with E-state index in [1.54, 1.807) is 0 Å². The van der Waals surface area contributed by atoms with Crippen molar-refractivity contribution in [1.82, 2.24) is 0 Å². The standard InChI is InChI=1S/C17H24N2O2/c1-3-20-14-9-10-17(21-4-2)16(11-14)19-15-8-6-5-7-13(15)12-18/h9-11,13,15,19H,3-8H2,1-2H3. The Balaban J connectivity index is 2.19. The second-order valence-corrected chi connectivity index (χ2v) is 5.29. The molecule has 1 N–H and O–H groups in total. The summed E-state index contributed by atoms with van der Waals surface area (Å²) in [6, 6.07) is 8.45. The number of hydrogen-bond donors (Lipinski definition) is 1. The van der Waals surface area contributed by atoms with Crippen molar-refractivity contribution in [2.24, 2.45) is 5.92 Å². The van der Waals surface area contributed by atoms with E-state index < -0.39 is 0 Å². The maximum absolute atomic E-state index is 9.31. The maximum Gasteiger partial charge on any atom is 0.142 e. The molecule has 0 aliphatic heterocycles. The van der Waals surface area contributed by atoms with Gasteiger partial charge in [-0.3, -0.25) is 0 Å². The zero-order valence-electron chi connectivity index (χ0n) is 12.9. The van der Waals surface area contributed by atoms with Crippen LogP contribution in [0.4, 0.5) is 5.69 Å². The van der Waals surface area contributed by atoms with Gasteiger partial charge in [0.05, 0.1) is 30.9 Å². The van der Waals surface area contributed by atoms with Crippen molar-refractivity contribution in [2.75, 3.05) is 18.5 Å². The first-order valence-electron chi connectivity index (χ1n) is 7.84. The van der Waals surface area contributed by atoms with E-state index in [1.807, 2.05) is 32.0 Å². The molecule has 0 saturated heterocycles.